The Kier molecular flexibility index (Phi) is 8.25. The number of imide groups is 1. The number of piperidine rings is 1. The molecule has 0 bridgehead atoms. The summed E-state index contributed by atoms with van der Waals surface area (Å²) in [6, 6.07) is 8.88. The van der Waals surface area contributed by atoms with E-state index >= 15 is 0 Å². The van der Waals surface area contributed by atoms with Crippen LogP contribution in [0.3, 0.4) is 0 Å². The Morgan fingerprint density at radius 2 is 1.77 bits per heavy atom. The van der Waals surface area contributed by atoms with Crippen molar-refractivity contribution < 1.29 is 14.4 Å². The van der Waals surface area contributed by atoms with E-state index in [0.717, 1.165) is 37.8 Å². The van der Waals surface area contributed by atoms with Crippen LogP contribution in [0.2, 0.25) is 0 Å². The Morgan fingerprint density at radius 1 is 1.03 bits per heavy atom. The maximum absolute atomic E-state index is 12.7. The van der Waals surface area contributed by atoms with Crippen molar-refractivity contribution in [2.75, 3.05) is 13.1 Å². The molecular formula is C23H34N4O3. The van der Waals surface area contributed by atoms with Crippen LogP contribution in [0.1, 0.15) is 57.4 Å². The van der Waals surface area contributed by atoms with Gasteiger partial charge in [-0.2, -0.15) is 0 Å². The highest BCUT2D eigenvalue weighted by atomic mass is 16.2. The van der Waals surface area contributed by atoms with Crippen molar-refractivity contribution in [2.24, 2.45) is 5.92 Å². The number of carbonyl (C=O) groups is 3. The molecule has 3 N–H and O–H groups in total. The second-order valence-electron chi connectivity index (χ2n) is 8.51. The number of carbonyl (C=O) groups excluding carboxylic acids is 3. The predicted octanol–water partition coefficient (Wildman–Crippen LogP) is 2.56. The van der Waals surface area contributed by atoms with Crippen LogP contribution in [-0.4, -0.2) is 47.9 Å². The summed E-state index contributed by atoms with van der Waals surface area (Å²) in [5.74, 6) is -0.323. The molecule has 0 spiro atoms. The fraction of sp³-hybridized carbons (Fsp3) is 0.609. The zero-order valence-electron chi connectivity index (χ0n) is 17.9. The Bertz CT molecular complexity index is 718. The molecular weight excluding hydrogens is 380 g/mol. The fourth-order valence-corrected chi connectivity index (χ4v) is 4.34. The first-order valence-corrected chi connectivity index (χ1v) is 11.2. The number of likely N-dealkylation sites (tertiary alicyclic amines) is 1. The lowest BCUT2D eigenvalue weighted by Gasteiger charge is -2.36. The summed E-state index contributed by atoms with van der Waals surface area (Å²) in [6.07, 6.45) is 7.49. The third-order valence-corrected chi connectivity index (χ3v) is 6.23. The standard InChI is InChI=1S/C23H34N4O3/c1-17(21(28)26-23(30)24-15-18-9-4-2-5-10-18)27-14-8-11-19(16-27)22(29)25-20-12-6-3-7-13-20/h2,4-5,9-10,17,19-20H,3,6-8,11-16H2,1H3,(H,25,29)(H2,24,26,28,30). The van der Waals surface area contributed by atoms with Gasteiger partial charge in [0, 0.05) is 19.1 Å². The zero-order valence-corrected chi connectivity index (χ0v) is 17.9. The van der Waals surface area contributed by atoms with Gasteiger partial charge in [-0.3, -0.25) is 19.8 Å². The summed E-state index contributed by atoms with van der Waals surface area (Å²) in [6.45, 7) is 3.47. The van der Waals surface area contributed by atoms with Gasteiger partial charge in [-0.05, 0) is 44.7 Å². The number of nitrogens with one attached hydrogen (secondary N) is 3. The predicted molar refractivity (Wildman–Crippen MR) is 116 cm³/mol. The summed E-state index contributed by atoms with van der Waals surface area (Å²) < 4.78 is 0. The topological polar surface area (TPSA) is 90.5 Å². The fourth-order valence-electron chi connectivity index (χ4n) is 4.34. The monoisotopic (exact) mass is 414 g/mol. The van der Waals surface area contributed by atoms with Crippen LogP contribution in [-0.2, 0) is 16.1 Å². The van der Waals surface area contributed by atoms with E-state index in [1.807, 2.05) is 35.2 Å². The van der Waals surface area contributed by atoms with Crippen LogP contribution in [0.25, 0.3) is 0 Å². The SMILES string of the molecule is CC(C(=O)NC(=O)NCc1ccccc1)N1CCCC(C(=O)NC2CCCCC2)C1. The molecule has 3 rings (SSSR count). The van der Waals surface area contributed by atoms with E-state index in [2.05, 4.69) is 16.0 Å². The number of urea groups is 1. The maximum atomic E-state index is 12.7. The van der Waals surface area contributed by atoms with Crippen molar-refractivity contribution >= 4 is 17.8 Å². The van der Waals surface area contributed by atoms with Crippen molar-refractivity contribution in [3.63, 3.8) is 0 Å². The maximum Gasteiger partial charge on any atom is 0.321 e. The van der Waals surface area contributed by atoms with Gasteiger partial charge in [0.25, 0.3) is 0 Å². The second kappa shape index (κ2) is 11.1. The van der Waals surface area contributed by atoms with Gasteiger partial charge >= 0.3 is 6.03 Å². The second-order valence-corrected chi connectivity index (χ2v) is 8.51. The van der Waals surface area contributed by atoms with Crippen LogP contribution in [0.4, 0.5) is 4.79 Å². The van der Waals surface area contributed by atoms with Crippen LogP contribution in [0.5, 0.6) is 0 Å². The van der Waals surface area contributed by atoms with Crippen molar-refractivity contribution in [3.05, 3.63) is 35.9 Å². The molecule has 164 valence electrons. The Morgan fingerprint density at radius 3 is 2.50 bits per heavy atom. The van der Waals surface area contributed by atoms with E-state index in [9.17, 15) is 14.4 Å². The van der Waals surface area contributed by atoms with Crippen LogP contribution in [0.15, 0.2) is 30.3 Å². The molecule has 2 atom stereocenters. The smallest absolute Gasteiger partial charge is 0.321 e. The molecule has 2 fully saturated rings. The van der Waals surface area contributed by atoms with E-state index in [-0.39, 0.29) is 17.7 Å². The molecule has 1 aliphatic carbocycles. The minimum Gasteiger partial charge on any atom is -0.353 e. The molecule has 7 nitrogen and oxygen atoms in total. The minimum atomic E-state index is -0.501. The number of benzene rings is 1. The van der Waals surface area contributed by atoms with E-state index < -0.39 is 12.1 Å². The molecule has 1 aromatic rings. The Hall–Kier alpha value is -2.41. The number of nitrogens with zero attached hydrogens (tertiary/aromatic N) is 1. The van der Waals surface area contributed by atoms with Crippen LogP contribution >= 0.6 is 0 Å². The summed E-state index contributed by atoms with van der Waals surface area (Å²) in [5.41, 5.74) is 0.969. The number of hydrogen-bond acceptors (Lipinski definition) is 4. The highest BCUT2D eigenvalue weighted by Gasteiger charge is 2.32. The summed E-state index contributed by atoms with van der Waals surface area (Å²) in [5, 5.41) is 8.34. The van der Waals surface area contributed by atoms with Crippen LogP contribution in [0, 0.1) is 5.92 Å². The zero-order chi connectivity index (χ0) is 21.3. The van der Waals surface area contributed by atoms with Gasteiger partial charge in [-0.25, -0.2) is 4.79 Å². The van der Waals surface area contributed by atoms with Gasteiger partial charge < -0.3 is 10.6 Å². The third-order valence-electron chi connectivity index (χ3n) is 6.23. The molecule has 1 heterocycles. The minimum absolute atomic E-state index is 0.0946. The average Bonchev–Trinajstić information content (AvgIpc) is 2.78. The number of rotatable bonds is 6. The number of amides is 4. The normalized spacial score (nSPS) is 21.4. The van der Waals surface area contributed by atoms with E-state index in [0.29, 0.717) is 19.1 Å². The summed E-state index contributed by atoms with van der Waals surface area (Å²) in [7, 11) is 0. The van der Waals surface area contributed by atoms with Gasteiger partial charge in [0.05, 0.1) is 12.0 Å². The van der Waals surface area contributed by atoms with Gasteiger partial charge in [0.15, 0.2) is 0 Å². The van der Waals surface area contributed by atoms with Crippen molar-refractivity contribution in [3.8, 4) is 0 Å². The van der Waals surface area contributed by atoms with Crippen LogP contribution < -0.4 is 16.0 Å². The summed E-state index contributed by atoms with van der Waals surface area (Å²) in [4.78, 5) is 39.3. The van der Waals surface area contributed by atoms with E-state index in [1.54, 1.807) is 6.92 Å². The van der Waals surface area contributed by atoms with Crippen molar-refractivity contribution in [2.45, 2.75) is 70.5 Å². The molecule has 2 aliphatic rings. The molecule has 4 amide bonds. The lowest BCUT2D eigenvalue weighted by molar-refractivity contribution is -0.131. The molecule has 7 heteroatoms. The molecule has 30 heavy (non-hydrogen) atoms. The highest BCUT2D eigenvalue weighted by Crippen LogP contribution is 2.21. The average molecular weight is 415 g/mol. The first-order valence-electron chi connectivity index (χ1n) is 11.2. The molecule has 1 saturated heterocycles. The molecule has 2 unspecified atom stereocenters. The van der Waals surface area contributed by atoms with E-state index in [4.69, 9.17) is 0 Å². The van der Waals surface area contributed by atoms with Gasteiger partial charge in [0.1, 0.15) is 0 Å². The van der Waals surface area contributed by atoms with Gasteiger partial charge in [0.2, 0.25) is 11.8 Å². The largest absolute Gasteiger partial charge is 0.353 e. The first-order chi connectivity index (χ1) is 14.5. The molecule has 0 aromatic heterocycles. The summed E-state index contributed by atoms with van der Waals surface area (Å²) >= 11 is 0. The molecule has 1 aliphatic heterocycles. The lowest BCUT2D eigenvalue weighted by atomic mass is 9.92. The van der Waals surface area contributed by atoms with Gasteiger partial charge in [-0.1, -0.05) is 49.6 Å². The van der Waals surface area contributed by atoms with Crippen molar-refractivity contribution in [1.29, 1.82) is 0 Å². The lowest BCUT2D eigenvalue weighted by Crippen LogP contribution is -2.54. The highest BCUT2D eigenvalue weighted by molar-refractivity contribution is 5.96. The Labute approximate surface area is 179 Å². The van der Waals surface area contributed by atoms with Gasteiger partial charge in [-0.15, -0.1) is 0 Å². The van der Waals surface area contributed by atoms with Crippen molar-refractivity contribution in [1.82, 2.24) is 20.9 Å². The quantitative estimate of drug-likeness (QED) is 0.667. The third kappa shape index (κ3) is 6.55. The Balaban J connectivity index is 1.44. The molecule has 1 saturated carbocycles. The molecule has 1 aromatic carbocycles. The number of hydrogen-bond donors (Lipinski definition) is 3. The molecule has 0 radical (unpaired) electrons. The first kappa shape index (κ1) is 22.3. The van der Waals surface area contributed by atoms with E-state index in [1.165, 1.54) is 19.3 Å².